The maximum Gasteiger partial charge on any atom is 0.104 e. The quantitative estimate of drug-likeness (QED) is 0.296. The Morgan fingerprint density at radius 1 is 1.07 bits per heavy atom. The Kier molecular flexibility index (Phi) is 6.78. The summed E-state index contributed by atoms with van der Waals surface area (Å²) in [5.41, 5.74) is 6.61. The molecule has 0 aliphatic heterocycles. The van der Waals surface area contributed by atoms with Gasteiger partial charge in [-0.05, 0) is 54.8 Å². The van der Waals surface area contributed by atoms with Gasteiger partial charge in [-0.25, -0.2) is 0 Å². The number of aliphatic hydroxyl groups is 1. The van der Waals surface area contributed by atoms with E-state index in [9.17, 15) is 5.21 Å². The topological polar surface area (TPSA) is 65.7 Å². The molecule has 0 saturated heterocycles. The van der Waals surface area contributed by atoms with Crippen LogP contribution >= 0.6 is 0 Å². The highest BCUT2D eigenvalue weighted by molar-refractivity contribution is 6.01. The van der Waals surface area contributed by atoms with E-state index in [0.29, 0.717) is 12.1 Å². The van der Waals surface area contributed by atoms with Gasteiger partial charge in [0, 0.05) is 35.4 Å². The molecule has 4 nitrogen and oxygen atoms in total. The van der Waals surface area contributed by atoms with Gasteiger partial charge in [0.05, 0.1) is 5.71 Å². The summed E-state index contributed by atoms with van der Waals surface area (Å²) >= 11 is 0. The van der Waals surface area contributed by atoms with Gasteiger partial charge in [0.2, 0.25) is 0 Å². The van der Waals surface area contributed by atoms with Crippen LogP contribution in [-0.4, -0.2) is 27.6 Å². The van der Waals surface area contributed by atoms with Gasteiger partial charge in [-0.1, -0.05) is 53.4 Å². The molecule has 0 saturated carbocycles. The normalized spacial score (nSPS) is 12.2. The molecular weight excluding hydrogens is 360 g/mol. The summed E-state index contributed by atoms with van der Waals surface area (Å²) < 4.78 is 0. The number of nitrogens with zero attached hydrogens (tertiary/aromatic N) is 2. The first-order chi connectivity index (χ1) is 14.1. The molecule has 3 aromatic rings. The van der Waals surface area contributed by atoms with Crippen molar-refractivity contribution in [2.45, 2.75) is 26.2 Å². The molecule has 3 rings (SSSR count). The molecular formula is C25H24N2O2. The van der Waals surface area contributed by atoms with Crippen molar-refractivity contribution in [2.24, 2.45) is 5.16 Å². The Morgan fingerprint density at radius 3 is 2.62 bits per heavy atom. The molecule has 146 valence electrons. The van der Waals surface area contributed by atoms with Crippen molar-refractivity contribution in [1.82, 2.24) is 4.98 Å². The second-order valence-corrected chi connectivity index (χ2v) is 6.93. The van der Waals surface area contributed by atoms with Crippen LogP contribution in [0.25, 0.3) is 0 Å². The van der Waals surface area contributed by atoms with E-state index < -0.39 is 0 Å². The molecule has 2 aromatic carbocycles. The highest BCUT2D eigenvalue weighted by atomic mass is 16.4. The van der Waals surface area contributed by atoms with Gasteiger partial charge in [0.1, 0.15) is 6.61 Å². The van der Waals surface area contributed by atoms with Gasteiger partial charge in [0.15, 0.2) is 0 Å². The van der Waals surface area contributed by atoms with Crippen molar-refractivity contribution in [3.8, 4) is 11.8 Å². The lowest BCUT2D eigenvalue weighted by molar-refractivity contribution is 0.317. The zero-order chi connectivity index (χ0) is 20.6. The van der Waals surface area contributed by atoms with Crippen LogP contribution in [0, 0.1) is 25.7 Å². The van der Waals surface area contributed by atoms with Crippen molar-refractivity contribution in [3.05, 3.63) is 100 Å². The number of aromatic nitrogens is 1. The Bertz CT molecular complexity index is 1080. The summed E-state index contributed by atoms with van der Waals surface area (Å²) in [6, 6.07) is 20.0. The van der Waals surface area contributed by atoms with Crippen LogP contribution in [0.4, 0.5) is 0 Å². The van der Waals surface area contributed by atoms with E-state index in [1.54, 1.807) is 6.20 Å². The summed E-state index contributed by atoms with van der Waals surface area (Å²) in [5, 5.41) is 22.4. The van der Waals surface area contributed by atoms with E-state index >= 15 is 0 Å². The molecule has 0 spiro atoms. The van der Waals surface area contributed by atoms with E-state index in [1.807, 2.05) is 49.4 Å². The molecule has 1 aromatic heterocycles. The summed E-state index contributed by atoms with van der Waals surface area (Å²) in [6.45, 7) is 3.83. The van der Waals surface area contributed by atoms with Gasteiger partial charge in [-0.3, -0.25) is 4.98 Å². The number of oxime groups is 1. The summed E-state index contributed by atoms with van der Waals surface area (Å²) in [7, 11) is 0. The molecule has 1 unspecified atom stereocenters. The summed E-state index contributed by atoms with van der Waals surface area (Å²) in [6.07, 6.45) is 2.26. The zero-order valence-corrected chi connectivity index (χ0v) is 16.6. The fourth-order valence-electron chi connectivity index (χ4n) is 3.49. The van der Waals surface area contributed by atoms with Crippen molar-refractivity contribution >= 4 is 5.71 Å². The number of aliphatic hydroxyl groups excluding tert-OH is 1. The number of pyridine rings is 1. The Balaban J connectivity index is 2.06. The number of rotatable bonds is 5. The van der Waals surface area contributed by atoms with Crippen LogP contribution in [0.3, 0.4) is 0 Å². The lowest BCUT2D eigenvalue weighted by Crippen LogP contribution is -2.12. The second kappa shape index (κ2) is 9.68. The van der Waals surface area contributed by atoms with Gasteiger partial charge >= 0.3 is 0 Å². The van der Waals surface area contributed by atoms with Gasteiger partial charge in [0.25, 0.3) is 0 Å². The number of benzene rings is 2. The standard InChI is InChI=1S/C25H24N2O2/c1-18-7-3-4-11-23(18)24(21-10-5-8-20(16-21)9-6-14-28)17-25(27-29)22-12-13-26-19(2)15-22/h3-5,7-8,10-13,15-16,24,28-29H,14,17H2,1-2H3. The predicted octanol–water partition coefficient (Wildman–Crippen LogP) is 4.44. The number of aryl methyl sites for hydroxylation is 2. The second-order valence-electron chi connectivity index (χ2n) is 6.93. The first-order valence-electron chi connectivity index (χ1n) is 9.51. The third-order valence-electron chi connectivity index (χ3n) is 4.91. The average molecular weight is 384 g/mol. The zero-order valence-electron chi connectivity index (χ0n) is 16.6. The highest BCUT2D eigenvalue weighted by Crippen LogP contribution is 2.32. The molecule has 0 amide bonds. The van der Waals surface area contributed by atoms with Crippen molar-refractivity contribution in [3.63, 3.8) is 0 Å². The van der Waals surface area contributed by atoms with Gasteiger partial charge < -0.3 is 10.3 Å². The van der Waals surface area contributed by atoms with E-state index in [2.05, 4.69) is 47.1 Å². The molecule has 1 atom stereocenters. The molecule has 0 aliphatic carbocycles. The maximum absolute atomic E-state index is 9.77. The van der Waals surface area contributed by atoms with Crippen molar-refractivity contribution < 1.29 is 10.3 Å². The van der Waals surface area contributed by atoms with Crippen LogP contribution in [0.1, 0.15) is 45.8 Å². The van der Waals surface area contributed by atoms with Crippen LogP contribution in [-0.2, 0) is 0 Å². The minimum Gasteiger partial charge on any atom is -0.411 e. The minimum atomic E-state index is -0.172. The Labute approximate surface area is 171 Å². The maximum atomic E-state index is 9.77. The van der Waals surface area contributed by atoms with Crippen LogP contribution in [0.2, 0.25) is 0 Å². The summed E-state index contributed by atoms with van der Waals surface area (Å²) in [5.74, 6) is 5.67. The lowest BCUT2D eigenvalue weighted by Gasteiger charge is -2.21. The van der Waals surface area contributed by atoms with E-state index in [4.69, 9.17) is 5.11 Å². The first-order valence-corrected chi connectivity index (χ1v) is 9.51. The van der Waals surface area contributed by atoms with Crippen molar-refractivity contribution in [2.75, 3.05) is 6.61 Å². The number of hydrogen-bond donors (Lipinski definition) is 2. The van der Waals surface area contributed by atoms with Crippen LogP contribution in [0.5, 0.6) is 0 Å². The molecule has 4 heteroatoms. The lowest BCUT2D eigenvalue weighted by atomic mass is 9.83. The molecule has 1 heterocycles. The highest BCUT2D eigenvalue weighted by Gasteiger charge is 2.20. The summed E-state index contributed by atoms with van der Waals surface area (Å²) in [4.78, 5) is 4.23. The van der Waals surface area contributed by atoms with E-state index in [-0.39, 0.29) is 12.5 Å². The molecule has 2 N–H and O–H groups in total. The Morgan fingerprint density at radius 2 is 1.90 bits per heavy atom. The van der Waals surface area contributed by atoms with Crippen LogP contribution < -0.4 is 0 Å². The average Bonchev–Trinajstić information content (AvgIpc) is 2.74. The van der Waals surface area contributed by atoms with E-state index in [1.165, 1.54) is 11.1 Å². The fraction of sp³-hybridized carbons (Fsp3) is 0.200. The smallest absolute Gasteiger partial charge is 0.104 e. The third kappa shape index (κ3) is 5.10. The van der Waals surface area contributed by atoms with Crippen LogP contribution in [0.15, 0.2) is 72.0 Å². The largest absolute Gasteiger partial charge is 0.411 e. The van der Waals surface area contributed by atoms with Crippen molar-refractivity contribution in [1.29, 1.82) is 0 Å². The molecule has 0 radical (unpaired) electrons. The molecule has 0 fully saturated rings. The first kappa shape index (κ1) is 20.3. The predicted molar refractivity (Wildman–Crippen MR) is 115 cm³/mol. The monoisotopic (exact) mass is 384 g/mol. The fourth-order valence-corrected chi connectivity index (χ4v) is 3.49. The Hall–Kier alpha value is -3.42. The minimum absolute atomic E-state index is 0.00792. The molecule has 29 heavy (non-hydrogen) atoms. The molecule has 0 bridgehead atoms. The molecule has 0 aliphatic rings. The van der Waals surface area contributed by atoms with Gasteiger partial charge in [-0.15, -0.1) is 0 Å². The number of hydrogen-bond acceptors (Lipinski definition) is 4. The SMILES string of the molecule is Cc1cc(C(CC(c2cccc(C#CCO)c2)c2ccccc2C)=NO)ccn1. The van der Waals surface area contributed by atoms with E-state index in [0.717, 1.165) is 22.4 Å². The third-order valence-corrected chi connectivity index (χ3v) is 4.91. The van der Waals surface area contributed by atoms with Gasteiger partial charge in [-0.2, -0.15) is 0 Å².